The number of anilines is 1. The van der Waals surface area contributed by atoms with E-state index >= 15 is 0 Å². The number of hydroxylamine groups is 1. The van der Waals surface area contributed by atoms with Crippen molar-refractivity contribution >= 4 is 17.8 Å². The van der Waals surface area contributed by atoms with Crippen molar-refractivity contribution in [3.8, 4) is 6.07 Å². The van der Waals surface area contributed by atoms with Crippen LogP contribution in [0.1, 0.15) is 42.5 Å². The van der Waals surface area contributed by atoms with Crippen molar-refractivity contribution in [2.45, 2.75) is 44.6 Å². The standard InChI is InChI=1S/C24H28N6O3/c25-13-18-4-3-5-19(12-18)16-30-10-9-21(17-30)28-22-15-26-20(14-27-22)7-8-23(31)29-33-24-6-1-2-11-32-24/h3-5,7-8,12,14-15,21,24H,1-2,6,9-11,16-17H2,(H,27,28)(H,29,31)/b8-7+/t21-,24?/m1/s1. The first kappa shape index (κ1) is 22.9. The maximum absolute atomic E-state index is 11.9. The summed E-state index contributed by atoms with van der Waals surface area (Å²) in [6.45, 7) is 3.35. The molecule has 172 valence electrons. The van der Waals surface area contributed by atoms with Crippen molar-refractivity contribution in [2.75, 3.05) is 25.0 Å². The normalized spacial score (nSPS) is 21.1. The Kier molecular flexibility index (Phi) is 7.98. The number of ether oxygens (including phenoxy) is 1. The third-order valence-corrected chi connectivity index (χ3v) is 5.59. The smallest absolute Gasteiger partial charge is 0.267 e. The van der Waals surface area contributed by atoms with Gasteiger partial charge in [-0.1, -0.05) is 12.1 Å². The van der Waals surface area contributed by atoms with Gasteiger partial charge in [-0.15, -0.1) is 0 Å². The Hall–Kier alpha value is -3.32. The molecular weight excluding hydrogens is 420 g/mol. The zero-order valence-corrected chi connectivity index (χ0v) is 18.4. The van der Waals surface area contributed by atoms with E-state index in [0.29, 0.717) is 23.7 Å². The van der Waals surface area contributed by atoms with Gasteiger partial charge >= 0.3 is 0 Å². The number of amides is 1. The molecule has 2 N–H and O–H groups in total. The van der Waals surface area contributed by atoms with Gasteiger partial charge in [-0.3, -0.25) is 14.7 Å². The summed E-state index contributed by atoms with van der Waals surface area (Å²) >= 11 is 0. The van der Waals surface area contributed by atoms with Crippen molar-refractivity contribution in [1.29, 1.82) is 5.26 Å². The minimum atomic E-state index is -0.379. The van der Waals surface area contributed by atoms with Gasteiger partial charge in [-0.25, -0.2) is 15.3 Å². The Balaban J connectivity index is 1.20. The van der Waals surface area contributed by atoms with E-state index in [2.05, 4.69) is 37.8 Å². The number of carbonyl (C=O) groups excluding carboxylic acids is 1. The summed E-state index contributed by atoms with van der Waals surface area (Å²) in [6.07, 6.45) is 9.69. The number of rotatable bonds is 8. The van der Waals surface area contributed by atoms with Crippen LogP contribution >= 0.6 is 0 Å². The van der Waals surface area contributed by atoms with E-state index in [1.54, 1.807) is 18.5 Å². The Morgan fingerprint density at radius 3 is 3.03 bits per heavy atom. The summed E-state index contributed by atoms with van der Waals surface area (Å²) in [5.41, 5.74) is 4.79. The lowest BCUT2D eigenvalue weighted by atomic mass is 10.1. The van der Waals surface area contributed by atoms with Crippen molar-refractivity contribution in [2.24, 2.45) is 0 Å². The van der Waals surface area contributed by atoms with Crippen LogP contribution in [0.2, 0.25) is 0 Å². The third kappa shape index (κ3) is 7.08. The van der Waals surface area contributed by atoms with Crippen LogP contribution in [0.4, 0.5) is 5.82 Å². The second kappa shape index (κ2) is 11.5. The highest BCUT2D eigenvalue weighted by atomic mass is 16.8. The molecule has 3 heterocycles. The third-order valence-electron chi connectivity index (χ3n) is 5.59. The Bertz CT molecular complexity index is 998. The van der Waals surface area contributed by atoms with Gasteiger partial charge in [-0.05, 0) is 43.0 Å². The fourth-order valence-corrected chi connectivity index (χ4v) is 3.92. The molecule has 33 heavy (non-hydrogen) atoms. The highest BCUT2D eigenvalue weighted by Gasteiger charge is 2.22. The molecule has 4 rings (SSSR count). The quantitative estimate of drug-likeness (QED) is 0.468. The van der Waals surface area contributed by atoms with E-state index in [4.69, 9.17) is 14.8 Å². The van der Waals surface area contributed by atoms with Gasteiger partial charge in [0, 0.05) is 44.8 Å². The fourth-order valence-electron chi connectivity index (χ4n) is 3.92. The zero-order valence-electron chi connectivity index (χ0n) is 18.4. The first-order valence-corrected chi connectivity index (χ1v) is 11.2. The average molecular weight is 449 g/mol. The van der Waals surface area contributed by atoms with Crippen LogP contribution < -0.4 is 10.8 Å². The van der Waals surface area contributed by atoms with Gasteiger partial charge in [0.05, 0.1) is 29.7 Å². The van der Waals surface area contributed by atoms with E-state index in [0.717, 1.165) is 50.9 Å². The molecule has 2 saturated heterocycles. The Morgan fingerprint density at radius 1 is 1.30 bits per heavy atom. The molecule has 2 aliphatic heterocycles. The summed E-state index contributed by atoms with van der Waals surface area (Å²) in [4.78, 5) is 28.3. The molecule has 0 aliphatic carbocycles. The van der Waals surface area contributed by atoms with Crippen LogP contribution in [0.5, 0.6) is 0 Å². The predicted octanol–water partition coefficient (Wildman–Crippen LogP) is 2.62. The average Bonchev–Trinajstić information content (AvgIpc) is 3.29. The van der Waals surface area contributed by atoms with Crippen LogP contribution in [0.25, 0.3) is 6.08 Å². The minimum Gasteiger partial charge on any atom is -0.365 e. The highest BCUT2D eigenvalue weighted by molar-refractivity contribution is 5.90. The van der Waals surface area contributed by atoms with E-state index in [-0.39, 0.29) is 18.2 Å². The summed E-state index contributed by atoms with van der Waals surface area (Å²) < 4.78 is 5.40. The molecule has 2 atom stereocenters. The molecule has 2 aromatic rings. The maximum atomic E-state index is 11.9. The summed E-state index contributed by atoms with van der Waals surface area (Å²) in [6, 6.07) is 10.2. The molecule has 1 aromatic carbocycles. The minimum absolute atomic E-state index is 0.282. The van der Waals surface area contributed by atoms with Crippen LogP contribution in [-0.2, 0) is 20.9 Å². The van der Waals surface area contributed by atoms with E-state index in [1.165, 1.54) is 6.08 Å². The molecule has 0 radical (unpaired) electrons. The molecule has 9 nitrogen and oxygen atoms in total. The van der Waals surface area contributed by atoms with Gasteiger partial charge in [0.2, 0.25) is 0 Å². The van der Waals surface area contributed by atoms with Crippen LogP contribution in [0.3, 0.4) is 0 Å². The zero-order chi connectivity index (χ0) is 22.9. The van der Waals surface area contributed by atoms with Crippen molar-refractivity contribution in [1.82, 2.24) is 20.3 Å². The largest absolute Gasteiger partial charge is 0.365 e. The van der Waals surface area contributed by atoms with Gasteiger partial charge in [0.1, 0.15) is 5.82 Å². The lowest BCUT2D eigenvalue weighted by Gasteiger charge is -2.21. The molecule has 2 fully saturated rings. The van der Waals surface area contributed by atoms with Gasteiger partial charge in [0.15, 0.2) is 6.29 Å². The van der Waals surface area contributed by atoms with Gasteiger partial charge in [-0.2, -0.15) is 5.26 Å². The SMILES string of the molecule is N#Cc1cccc(CN2CC[C@@H](Nc3cnc(/C=C/C(=O)NOC4CCCCO4)cn3)C2)c1. The molecule has 2 aliphatic rings. The fraction of sp³-hybridized carbons (Fsp3) is 0.417. The second-order valence-corrected chi connectivity index (χ2v) is 8.22. The van der Waals surface area contributed by atoms with Crippen LogP contribution in [-0.4, -0.2) is 52.8 Å². The number of carbonyl (C=O) groups is 1. The lowest BCUT2D eigenvalue weighted by molar-refractivity contribution is -0.198. The van der Waals surface area contributed by atoms with Gasteiger partial charge < -0.3 is 10.1 Å². The Labute approximate surface area is 193 Å². The number of nitrogens with one attached hydrogen (secondary N) is 2. The summed E-state index contributed by atoms with van der Waals surface area (Å²) in [7, 11) is 0. The summed E-state index contributed by atoms with van der Waals surface area (Å²) in [5.74, 6) is 0.326. The molecule has 1 amide bonds. The molecule has 1 unspecified atom stereocenters. The van der Waals surface area contributed by atoms with Crippen molar-refractivity contribution in [3.63, 3.8) is 0 Å². The summed E-state index contributed by atoms with van der Waals surface area (Å²) in [5, 5.41) is 12.5. The number of likely N-dealkylation sites (tertiary alicyclic amines) is 1. The number of hydrogen-bond donors (Lipinski definition) is 2. The monoisotopic (exact) mass is 448 g/mol. The Morgan fingerprint density at radius 2 is 2.24 bits per heavy atom. The first-order chi connectivity index (χ1) is 16.2. The maximum Gasteiger partial charge on any atom is 0.267 e. The van der Waals surface area contributed by atoms with Gasteiger partial charge in [0.25, 0.3) is 5.91 Å². The van der Waals surface area contributed by atoms with E-state index < -0.39 is 0 Å². The first-order valence-electron chi connectivity index (χ1n) is 11.2. The van der Waals surface area contributed by atoms with Crippen molar-refractivity contribution < 1.29 is 14.4 Å². The second-order valence-electron chi connectivity index (χ2n) is 8.22. The number of nitrogens with zero attached hydrogens (tertiary/aromatic N) is 4. The highest BCUT2D eigenvalue weighted by Crippen LogP contribution is 2.17. The molecule has 9 heteroatoms. The topological polar surface area (TPSA) is 112 Å². The molecule has 0 bridgehead atoms. The number of hydrogen-bond acceptors (Lipinski definition) is 8. The van der Waals surface area contributed by atoms with E-state index in [9.17, 15) is 4.79 Å². The number of aromatic nitrogens is 2. The van der Waals surface area contributed by atoms with Crippen molar-refractivity contribution in [3.05, 3.63) is 59.6 Å². The molecule has 0 saturated carbocycles. The van der Waals surface area contributed by atoms with E-state index in [1.807, 2.05) is 18.2 Å². The molecule has 1 aromatic heterocycles. The number of nitriles is 1. The molecule has 0 spiro atoms. The lowest BCUT2D eigenvalue weighted by Crippen LogP contribution is -2.32. The predicted molar refractivity (Wildman–Crippen MR) is 122 cm³/mol. The number of benzene rings is 1. The van der Waals surface area contributed by atoms with Crippen LogP contribution in [0.15, 0.2) is 42.7 Å². The molecular formula is C24H28N6O3. The van der Waals surface area contributed by atoms with Crippen LogP contribution in [0, 0.1) is 11.3 Å².